The van der Waals surface area contributed by atoms with Crippen LogP contribution in [0.2, 0.25) is 5.02 Å². The van der Waals surface area contributed by atoms with E-state index in [0.29, 0.717) is 34.7 Å². The highest BCUT2D eigenvalue weighted by Crippen LogP contribution is 2.57. The molecular weight excluding hydrogens is 394 g/mol. The van der Waals surface area contributed by atoms with Crippen molar-refractivity contribution in [2.75, 3.05) is 12.4 Å². The van der Waals surface area contributed by atoms with Crippen molar-refractivity contribution in [2.24, 2.45) is 11.8 Å². The third kappa shape index (κ3) is 4.06. The number of aromatic nitrogens is 1. The number of rotatable bonds is 5. The molecule has 8 heteroatoms. The first-order chi connectivity index (χ1) is 13.9. The molecule has 0 spiro atoms. The number of urea groups is 1. The Hall–Kier alpha value is -2.64. The Morgan fingerprint density at radius 2 is 2.00 bits per heavy atom. The standard InChI is InChI=1S/C21H22ClN3O4/c1-12-7-15(4-5-17(12)29-18-6-3-14(22)11-23-18)24-20(27)25-19(26)16-10-21(28-2)8-13(16)9-21/h3-7,11,13,16H,8-10H2,1-2H3,(H2,24,25,26,27). The average Bonchev–Trinajstić information content (AvgIpc) is 3.22. The van der Waals surface area contributed by atoms with Gasteiger partial charge < -0.3 is 14.8 Å². The molecule has 1 unspecified atom stereocenters. The lowest BCUT2D eigenvalue weighted by atomic mass is 9.78. The second-order valence-corrected chi connectivity index (χ2v) is 8.14. The van der Waals surface area contributed by atoms with E-state index in [4.69, 9.17) is 21.1 Å². The van der Waals surface area contributed by atoms with Gasteiger partial charge in [-0.25, -0.2) is 9.78 Å². The van der Waals surface area contributed by atoms with Crippen LogP contribution in [-0.2, 0) is 9.53 Å². The maximum Gasteiger partial charge on any atom is 0.325 e. The third-order valence-corrected chi connectivity index (χ3v) is 6.01. The molecule has 5 rings (SSSR count). The normalized spacial score (nSPS) is 24.5. The molecule has 0 radical (unpaired) electrons. The first-order valence-electron chi connectivity index (χ1n) is 9.44. The van der Waals surface area contributed by atoms with Gasteiger partial charge in [0.25, 0.3) is 0 Å². The molecule has 0 saturated heterocycles. The summed E-state index contributed by atoms with van der Waals surface area (Å²) < 4.78 is 11.2. The van der Waals surface area contributed by atoms with Crippen molar-refractivity contribution in [3.05, 3.63) is 47.1 Å². The van der Waals surface area contributed by atoms with Gasteiger partial charge in [0.15, 0.2) is 0 Å². The third-order valence-electron chi connectivity index (χ3n) is 5.78. The number of anilines is 1. The van der Waals surface area contributed by atoms with Crippen LogP contribution in [0.1, 0.15) is 24.8 Å². The molecule has 3 aliphatic carbocycles. The number of pyridine rings is 1. The first kappa shape index (κ1) is 19.7. The van der Waals surface area contributed by atoms with Gasteiger partial charge in [-0.1, -0.05) is 11.6 Å². The van der Waals surface area contributed by atoms with Gasteiger partial charge in [0.1, 0.15) is 5.75 Å². The molecule has 0 aliphatic heterocycles. The van der Waals surface area contributed by atoms with Crippen LogP contribution < -0.4 is 15.4 Å². The SMILES string of the molecule is COC12CC(C1)C(C(=O)NC(=O)Nc1ccc(Oc3ccc(Cl)cn3)c(C)c1)C2. The lowest BCUT2D eigenvalue weighted by Crippen LogP contribution is -2.40. The highest BCUT2D eigenvalue weighted by atomic mass is 35.5. The van der Waals surface area contributed by atoms with Crippen molar-refractivity contribution in [3.63, 3.8) is 0 Å². The van der Waals surface area contributed by atoms with E-state index in [1.54, 1.807) is 37.4 Å². The van der Waals surface area contributed by atoms with E-state index in [-0.39, 0.29) is 17.4 Å². The maximum atomic E-state index is 12.4. The summed E-state index contributed by atoms with van der Waals surface area (Å²) in [7, 11) is 1.68. The summed E-state index contributed by atoms with van der Waals surface area (Å²) in [5, 5.41) is 5.68. The van der Waals surface area contributed by atoms with Crippen LogP contribution in [0.15, 0.2) is 36.5 Å². The van der Waals surface area contributed by atoms with Gasteiger partial charge in [-0.3, -0.25) is 10.1 Å². The topological polar surface area (TPSA) is 89.5 Å². The number of carbonyl (C=O) groups excluding carboxylic acids is 2. The molecule has 3 fully saturated rings. The van der Waals surface area contributed by atoms with Crippen molar-refractivity contribution in [2.45, 2.75) is 31.8 Å². The predicted octanol–water partition coefficient (Wildman–Crippen LogP) is 4.30. The van der Waals surface area contributed by atoms with Gasteiger partial charge in [-0.05, 0) is 61.9 Å². The number of hydrogen-bond donors (Lipinski definition) is 2. The Labute approximate surface area is 173 Å². The fraction of sp³-hybridized carbons (Fsp3) is 0.381. The molecule has 2 bridgehead atoms. The Kier molecular flexibility index (Phi) is 5.19. The van der Waals surface area contributed by atoms with Crippen LogP contribution in [0.25, 0.3) is 0 Å². The summed E-state index contributed by atoms with van der Waals surface area (Å²) in [5.41, 5.74) is 1.22. The molecule has 152 valence electrons. The van der Waals surface area contributed by atoms with E-state index in [2.05, 4.69) is 15.6 Å². The minimum absolute atomic E-state index is 0.158. The number of methoxy groups -OCH3 is 1. The quantitative estimate of drug-likeness (QED) is 0.759. The van der Waals surface area contributed by atoms with Crippen LogP contribution in [0, 0.1) is 18.8 Å². The number of fused-ring (bicyclic) bond motifs is 1. The molecule has 3 aliphatic rings. The molecule has 1 aromatic heterocycles. The molecule has 29 heavy (non-hydrogen) atoms. The number of imide groups is 1. The van der Waals surface area contributed by atoms with Gasteiger partial charge in [0.05, 0.1) is 10.6 Å². The van der Waals surface area contributed by atoms with E-state index in [1.807, 2.05) is 6.92 Å². The number of carbonyl (C=O) groups is 2. The zero-order valence-corrected chi connectivity index (χ0v) is 17.0. The van der Waals surface area contributed by atoms with E-state index in [0.717, 1.165) is 18.4 Å². The Morgan fingerprint density at radius 1 is 1.21 bits per heavy atom. The lowest BCUT2D eigenvalue weighted by molar-refractivity contribution is -0.124. The largest absolute Gasteiger partial charge is 0.439 e. The zero-order chi connectivity index (χ0) is 20.6. The van der Waals surface area contributed by atoms with Crippen molar-refractivity contribution in [1.82, 2.24) is 10.3 Å². The molecule has 2 aromatic rings. The summed E-state index contributed by atoms with van der Waals surface area (Å²) in [4.78, 5) is 28.8. The van der Waals surface area contributed by atoms with Crippen LogP contribution >= 0.6 is 11.6 Å². The van der Waals surface area contributed by atoms with Crippen molar-refractivity contribution < 1.29 is 19.1 Å². The molecule has 2 N–H and O–H groups in total. The summed E-state index contributed by atoms with van der Waals surface area (Å²) in [6.07, 6.45) is 3.97. The van der Waals surface area contributed by atoms with Crippen LogP contribution in [0.3, 0.4) is 0 Å². The monoisotopic (exact) mass is 415 g/mol. The molecule has 7 nitrogen and oxygen atoms in total. The molecule has 1 atom stereocenters. The molecule has 3 amide bonds. The molecule has 1 heterocycles. The van der Waals surface area contributed by atoms with E-state index >= 15 is 0 Å². The highest BCUT2D eigenvalue weighted by Gasteiger charge is 2.58. The summed E-state index contributed by atoms with van der Waals surface area (Å²) in [6.45, 7) is 1.86. The number of benzene rings is 1. The number of nitrogens with zero attached hydrogens (tertiary/aromatic N) is 1. The predicted molar refractivity (Wildman–Crippen MR) is 108 cm³/mol. The molecule has 1 aromatic carbocycles. The average molecular weight is 416 g/mol. The second kappa shape index (κ2) is 7.65. The molecule has 3 saturated carbocycles. The van der Waals surface area contributed by atoms with Crippen molar-refractivity contribution in [1.29, 1.82) is 0 Å². The minimum Gasteiger partial charge on any atom is -0.439 e. The fourth-order valence-electron chi connectivity index (χ4n) is 4.22. The molecular formula is C21H22ClN3O4. The second-order valence-electron chi connectivity index (χ2n) is 7.71. The number of hydrogen-bond acceptors (Lipinski definition) is 5. The number of nitrogens with one attached hydrogen (secondary N) is 2. The van der Waals surface area contributed by atoms with E-state index in [1.165, 1.54) is 6.20 Å². The maximum absolute atomic E-state index is 12.4. The Balaban J connectivity index is 1.33. The Morgan fingerprint density at radius 3 is 2.62 bits per heavy atom. The highest BCUT2D eigenvalue weighted by molar-refractivity contribution is 6.30. The lowest BCUT2D eigenvalue weighted by Gasteiger charge is -2.36. The first-order valence-corrected chi connectivity index (χ1v) is 9.82. The number of aryl methyl sites for hydroxylation is 1. The Bertz CT molecular complexity index is 941. The van der Waals surface area contributed by atoms with Gasteiger partial charge in [0, 0.05) is 31.0 Å². The van der Waals surface area contributed by atoms with Crippen molar-refractivity contribution in [3.8, 4) is 11.6 Å². The van der Waals surface area contributed by atoms with Gasteiger partial charge in [-0.15, -0.1) is 0 Å². The zero-order valence-electron chi connectivity index (χ0n) is 16.2. The number of amides is 3. The number of halogens is 1. The van der Waals surface area contributed by atoms with Gasteiger partial charge in [0.2, 0.25) is 11.8 Å². The summed E-state index contributed by atoms with van der Waals surface area (Å²) >= 11 is 5.82. The van der Waals surface area contributed by atoms with Gasteiger partial charge in [-0.2, -0.15) is 0 Å². The van der Waals surface area contributed by atoms with Gasteiger partial charge >= 0.3 is 6.03 Å². The summed E-state index contributed by atoms with van der Waals surface area (Å²) in [6, 6.07) is 8.03. The van der Waals surface area contributed by atoms with Crippen molar-refractivity contribution >= 4 is 29.2 Å². The number of ether oxygens (including phenoxy) is 2. The van der Waals surface area contributed by atoms with E-state index in [9.17, 15) is 9.59 Å². The van der Waals surface area contributed by atoms with Crippen LogP contribution in [0.5, 0.6) is 11.6 Å². The van der Waals surface area contributed by atoms with Crippen LogP contribution in [-0.4, -0.2) is 29.6 Å². The minimum atomic E-state index is -0.544. The van der Waals surface area contributed by atoms with E-state index < -0.39 is 6.03 Å². The fourth-order valence-corrected chi connectivity index (χ4v) is 4.33. The van der Waals surface area contributed by atoms with Crippen LogP contribution in [0.4, 0.5) is 10.5 Å². The smallest absolute Gasteiger partial charge is 0.325 e. The summed E-state index contributed by atoms with van der Waals surface area (Å²) in [5.74, 6) is 0.935.